The van der Waals surface area contributed by atoms with Crippen LogP contribution < -0.4 is 15.0 Å². The SMILES string of the molecule is COc1ccc(-c2cc(Cl)n[nH]c2=O)cc1OC. The lowest BCUT2D eigenvalue weighted by molar-refractivity contribution is 0.355. The van der Waals surface area contributed by atoms with Gasteiger partial charge in [-0.2, -0.15) is 5.10 Å². The van der Waals surface area contributed by atoms with Crippen LogP contribution in [0.5, 0.6) is 11.5 Å². The van der Waals surface area contributed by atoms with E-state index in [1.54, 1.807) is 25.3 Å². The Morgan fingerprint density at radius 1 is 1.17 bits per heavy atom. The summed E-state index contributed by atoms with van der Waals surface area (Å²) in [7, 11) is 3.08. The molecule has 0 bridgehead atoms. The summed E-state index contributed by atoms with van der Waals surface area (Å²) in [6.45, 7) is 0. The van der Waals surface area contributed by atoms with E-state index in [4.69, 9.17) is 21.1 Å². The molecule has 0 amide bonds. The lowest BCUT2D eigenvalue weighted by atomic mass is 10.1. The molecule has 0 fully saturated rings. The van der Waals surface area contributed by atoms with E-state index in [0.717, 1.165) is 0 Å². The number of H-pyrrole nitrogens is 1. The van der Waals surface area contributed by atoms with Crippen molar-refractivity contribution in [2.45, 2.75) is 0 Å². The van der Waals surface area contributed by atoms with Crippen molar-refractivity contribution in [2.24, 2.45) is 0 Å². The first-order chi connectivity index (χ1) is 8.65. The van der Waals surface area contributed by atoms with Crippen LogP contribution in [-0.4, -0.2) is 24.4 Å². The predicted molar refractivity (Wildman–Crippen MR) is 68.4 cm³/mol. The van der Waals surface area contributed by atoms with Gasteiger partial charge in [0.2, 0.25) is 0 Å². The molecule has 1 heterocycles. The van der Waals surface area contributed by atoms with Crippen LogP contribution in [0.4, 0.5) is 0 Å². The molecule has 5 nitrogen and oxygen atoms in total. The molecule has 0 unspecified atom stereocenters. The van der Waals surface area contributed by atoms with Gasteiger partial charge in [0.25, 0.3) is 5.56 Å². The summed E-state index contributed by atoms with van der Waals surface area (Å²) in [4.78, 5) is 11.7. The quantitative estimate of drug-likeness (QED) is 0.924. The number of nitrogens with one attached hydrogen (secondary N) is 1. The number of hydrogen-bond acceptors (Lipinski definition) is 4. The molecule has 0 saturated heterocycles. The molecule has 0 saturated carbocycles. The summed E-state index contributed by atoms with van der Waals surface area (Å²) >= 11 is 5.76. The first kappa shape index (κ1) is 12.4. The minimum absolute atomic E-state index is 0.222. The Morgan fingerprint density at radius 3 is 2.56 bits per heavy atom. The molecule has 0 aliphatic rings. The van der Waals surface area contributed by atoms with Crippen LogP contribution in [0, 0.1) is 0 Å². The monoisotopic (exact) mass is 266 g/mol. The smallest absolute Gasteiger partial charge is 0.272 e. The molecule has 2 aromatic rings. The highest BCUT2D eigenvalue weighted by atomic mass is 35.5. The molecular weight excluding hydrogens is 256 g/mol. The Kier molecular flexibility index (Phi) is 3.53. The van der Waals surface area contributed by atoms with Gasteiger partial charge in [-0.3, -0.25) is 4.79 Å². The lowest BCUT2D eigenvalue weighted by Gasteiger charge is -2.09. The highest BCUT2D eigenvalue weighted by Gasteiger charge is 2.09. The van der Waals surface area contributed by atoms with Crippen molar-refractivity contribution < 1.29 is 9.47 Å². The molecule has 1 aromatic heterocycles. The second-order valence-electron chi connectivity index (χ2n) is 3.50. The average Bonchev–Trinajstić information content (AvgIpc) is 2.40. The maximum absolute atomic E-state index is 11.7. The average molecular weight is 267 g/mol. The van der Waals surface area contributed by atoms with Gasteiger partial charge in [0.15, 0.2) is 11.5 Å². The van der Waals surface area contributed by atoms with Crippen molar-refractivity contribution in [2.75, 3.05) is 14.2 Å². The van der Waals surface area contributed by atoms with Crippen molar-refractivity contribution in [3.05, 3.63) is 39.8 Å². The Bertz CT molecular complexity index is 625. The molecule has 2 rings (SSSR count). The summed E-state index contributed by atoms with van der Waals surface area (Å²) in [5.41, 5.74) is 0.792. The van der Waals surface area contributed by atoms with Gasteiger partial charge in [0.1, 0.15) is 5.15 Å². The largest absolute Gasteiger partial charge is 0.493 e. The zero-order valence-corrected chi connectivity index (χ0v) is 10.6. The third-order valence-corrected chi connectivity index (χ3v) is 2.66. The van der Waals surface area contributed by atoms with Crippen LogP contribution >= 0.6 is 11.6 Å². The third-order valence-electron chi connectivity index (χ3n) is 2.47. The van der Waals surface area contributed by atoms with Crippen LogP contribution in [0.1, 0.15) is 0 Å². The van der Waals surface area contributed by atoms with Crippen LogP contribution in [0.2, 0.25) is 5.15 Å². The number of hydrogen-bond donors (Lipinski definition) is 1. The van der Waals surface area contributed by atoms with E-state index in [0.29, 0.717) is 22.6 Å². The predicted octanol–water partition coefficient (Wildman–Crippen LogP) is 2.11. The third kappa shape index (κ3) is 2.31. The van der Waals surface area contributed by atoms with Gasteiger partial charge in [0.05, 0.1) is 19.8 Å². The normalized spacial score (nSPS) is 10.2. The molecule has 0 atom stereocenters. The number of halogens is 1. The summed E-state index contributed by atoms with van der Waals surface area (Å²) < 4.78 is 10.3. The van der Waals surface area contributed by atoms with Crippen LogP contribution in [0.3, 0.4) is 0 Å². The van der Waals surface area contributed by atoms with Crippen molar-refractivity contribution in [1.82, 2.24) is 10.2 Å². The zero-order chi connectivity index (χ0) is 13.1. The van der Waals surface area contributed by atoms with E-state index in [-0.39, 0.29) is 10.7 Å². The molecule has 0 spiro atoms. The first-order valence-electron chi connectivity index (χ1n) is 5.13. The van der Waals surface area contributed by atoms with Gasteiger partial charge in [-0.25, -0.2) is 5.10 Å². The number of methoxy groups -OCH3 is 2. The van der Waals surface area contributed by atoms with Gasteiger partial charge >= 0.3 is 0 Å². The van der Waals surface area contributed by atoms with E-state index in [1.165, 1.54) is 13.2 Å². The minimum Gasteiger partial charge on any atom is -0.493 e. The maximum atomic E-state index is 11.7. The number of nitrogens with zero attached hydrogens (tertiary/aromatic N) is 1. The lowest BCUT2D eigenvalue weighted by Crippen LogP contribution is -2.10. The summed E-state index contributed by atoms with van der Waals surface area (Å²) in [6.07, 6.45) is 0. The summed E-state index contributed by atoms with van der Waals surface area (Å²) in [5.74, 6) is 1.14. The fourth-order valence-corrected chi connectivity index (χ4v) is 1.75. The van der Waals surface area contributed by atoms with E-state index in [1.807, 2.05) is 0 Å². The number of aromatic nitrogens is 2. The van der Waals surface area contributed by atoms with Crippen molar-refractivity contribution >= 4 is 11.6 Å². The number of rotatable bonds is 3. The fourth-order valence-electron chi connectivity index (χ4n) is 1.60. The van der Waals surface area contributed by atoms with Crippen molar-refractivity contribution in [1.29, 1.82) is 0 Å². The van der Waals surface area contributed by atoms with Crippen molar-refractivity contribution in [3.8, 4) is 22.6 Å². The standard InChI is InChI=1S/C12H11ClN2O3/c1-17-9-4-3-7(5-10(9)18-2)8-6-11(13)14-15-12(8)16/h3-6H,1-2H3,(H,15,16). The van der Waals surface area contributed by atoms with Gasteiger partial charge in [-0.1, -0.05) is 17.7 Å². The highest BCUT2D eigenvalue weighted by Crippen LogP contribution is 2.31. The Balaban J connectivity index is 2.57. The van der Waals surface area contributed by atoms with E-state index >= 15 is 0 Å². The molecule has 1 N–H and O–H groups in total. The molecule has 0 radical (unpaired) electrons. The van der Waals surface area contributed by atoms with Crippen LogP contribution in [0.15, 0.2) is 29.1 Å². The van der Waals surface area contributed by atoms with E-state index < -0.39 is 0 Å². The summed E-state index contributed by atoms with van der Waals surface area (Å²) in [5, 5.41) is 6.16. The van der Waals surface area contributed by atoms with Crippen LogP contribution in [0.25, 0.3) is 11.1 Å². The molecule has 94 valence electrons. The summed E-state index contributed by atoms with van der Waals surface area (Å²) in [6, 6.07) is 6.69. The Morgan fingerprint density at radius 2 is 1.89 bits per heavy atom. The topological polar surface area (TPSA) is 64.2 Å². The second-order valence-corrected chi connectivity index (χ2v) is 3.89. The van der Waals surface area contributed by atoms with Gasteiger partial charge in [0, 0.05) is 0 Å². The van der Waals surface area contributed by atoms with Crippen molar-refractivity contribution in [3.63, 3.8) is 0 Å². The van der Waals surface area contributed by atoms with E-state index in [9.17, 15) is 4.79 Å². The first-order valence-corrected chi connectivity index (χ1v) is 5.51. The molecule has 18 heavy (non-hydrogen) atoms. The Hall–Kier alpha value is -2.01. The fraction of sp³-hybridized carbons (Fsp3) is 0.167. The Labute approximate surface area is 108 Å². The molecule has 6 heteroatoms. The number of aromatic amines is 1. The molecule has 1 aromatic carbocycles. The molecule has 0 aliphatic carbocycles. The number of ether oxygens (including phenoxy) is 2. The van der Waals surface area contributed by atoms with Gasteiger partial charge in [-0.05, 0) is 23.8 Å². The minimum atomic E-state index is -0.313. The maximum Gasteiger partial charge on any atom is 0.272 e. The van der Waals surface area contributed by atoms with Crippen LogP contribution in [-0.2, 0) is 0 Å². The molecular formula is C12H11ClN2O3. The van der Waals surface area contributed by atoms with E-state index in [2.05, 4.69) is 10.2 Å². The van der Waals surface area contributed by atoms with Gasteiger partial charge < -0.3 is 9.47 Å². The van der Waals surface area contributed by atoms with Gasteiger partial charge in [-0.15, -0.1) is 0 Å². The number of benzene rings is 1. The second kappa shape index (κ2) is 5.10. The zero-order valence-electron chi connectivity index (χ0n) is 9.86. The highest BCUT2D eigenvalue weighted by molar-refractivity contribution is 6.29. The molecule has 0 aliphatic heterocycles.